The van der Waals surface area contributed by atoms with Crippen LogP contribution in [0.5, 0.6) is 0 Å². The zero-order chi connectivity index (χ0) is 13.0. The quantitative estimate of drug-likeness (QED) is 0.878. The summed E-state index contributed by atoms with van der Waals surface area (Å²) in [6, 6.07) is 11.5. The molecule has 1 N–H and O–H groups in total. The van der Waals surface area contributed by atoms with Crippen LogP contribution in [0.15, 0.2) is 36.5 Å². The highest BCUT2D eigenvalue weighted by molar-refractivity contribution is 5.70. The number of carboxylic acids is 1. The number of hydrogen-bond acceptors (Lipinski definition) is 3. The molecule has 0 bridgehead atoms. The van der Waals surface area contributed by atoms with Crippen LogP contribution in [-0.4, -0.2) is 20.9 Å². The minimum atomic E-state index is -0.971. The van der Waals surface area contributed by atoms with Crippen molar-refractivity contribution in [3.05, 3.63) is 53.3 Å². The molecule has 0 atom stereocenters. The molecule has 0 unspecified atom stereocenters. The normalized spacial score (nSPS) is 9.94. The van der Waals surface area contributed by atoms with Gasteiger partial charge in [0.25, 0.3) is 0 Å². The second-order valence-electron chi connectivity index (χ2n) is 3.83. The molecule has 5 nitrogen and oxygen atoms in total. The Morgan fingerprint density at radius 2 is 2.11 bits per heavy atom. The van der Waals surface area contributed by atoms with Crippen molar-refractivity contribution in [1.82, 2.24) is 9.78 Å². The molecule has 0 spiro atoms. The van der Waals surface area contributed by atoms with Crippen LogP contribution >= 0.6 is 0 Å². The number of rotatable bonds is 4. The van der Waals surface area contributed by atoms with E-state index in [2.05, 4.69) is 5.10 Å². The molecule has 18 heavy (non-hydrogen) atoms. The molecule has 5 heteroatoms. The lowest BCUT2D eigenvalue weighted by molar-refractivity contribution is -0.136. The van der Waals surface area contributed by atoms with Gasteiger partial charge in [0.15, 0.2) is 0 Å². The molecule has 0 fully saturated rings. The van der Waals surface area contributed by atoms with Crippen LogP contribution in [0.4, 0.5) is 0 Å². The Labute approximate surface area is 104 Å². The summed E-state index contributed by atoms with van der Waals surface area (Å²) in [4.78, 5) is 10.8. The van der Waals surface area contributed by atoms with Gasteiger partial charge in [-0.2, -0.15) is 10.4 Å². The standard InChI is InChI=1S/C13H11N3O2/c14-7-11-8-15-16(12(11)6-13(17)18)9-10-4-2-1-3-5-10/h1-5,8H,6,9H2,(H,17,18). The van der Waals surface area contributed by atoms with Crippen molar-refractivity contribution in [1.29, 1.82) is 5.26 Å². The second kappa shape index (κ2) is 5.15. The molecule has 0 aliphatic carbocycles. The topological polar surface area (TPSA) is 78.9 Å². The molecule has 2 rings (SSSR count). The van der Waals surface area contributed by atoms with Gasteiger partial charge in [-0.05, 0) is 5.56 Å². The first-order chi connectivity index (χ1) is 8.70. The van der Waals surface area contributed by atoms with Crippen molar-refractivity contribution >= 4 is 5.97 Å². The predicted molar refractivity (Wildman–Crippen MR) is 63.8 cm³/mol. The summed E-state index contributed by atoms with van der Waals surface area (Å²) >= 11 is 0. The molecule has 2 aromatic rings. The summed E-state index contributed by atoms with van der Waals surface area (Å²) in [6.07, 6.45) is 1.21. The number of nitrogens with zero attached hydrogens (tertiary/aromatic N) is 3. The van der Waals surface area contributed by atoms with Gasteiger partial charge in [-0.3, -0.25) is 9.48 Å². The molecular weight excluding hydrogens is 230 g/mol. The second-order valence-corrected chi connectivity index (χ2v) is 3.83. The largest absolute Gasteiger partial charge is 0.481 e. The Balaban J connectivity index is 2.31. The van der Waals surface area contributed by atoms with E-state index >= 15 is 0 Å². The monoisotopic (exact) mass is 241 g/mol. The van der Waals surface area contributed by atoms with Gasteiger partial charge in [0.2, 0.25) is 0 Å². The summed E-state index contributed by atoms with van der Waals surface area (Å²) in [7, 11) is 0. The molecule has 1 heterocycles. The van der Waals surface area contributed by atoms with Crippen molar-refractivity contribution in [3.8, 4) is 6.07 Å². The van der Waals surface area contributed by atoms with Crippen LogP contribution in [0, 0.1) is 11.3 Å². The van der Waals surface area contributed by atoms with E-state index in [0.29, 0.717) is 17.8 Å². The maximum Gasteiger partial charge on any atom is 0.309 e. The molecule has 0 saturated heterocycles. The van der Waals surface area contributed by atoms with Crippen LogP contribution in [0.2, 0.25) is 0 Å². The average molecular weight is 241 g/mol. The molecule has 0 radical (unpaired) electrons. The molecule has 0 aliphatic rings. The van der Waals surface area contributed by atoms with Crippen molar-refractivity contribution in [3.63, 3.8) is 0 Å². The Morgan fingerprint density at radius 3 is 2.72 bits per heavy atom. The van der Waals surface area contributed by atoms with Crippen molar-refractivity contribution in [2.75, 3.05) is 0 Å². The summed E-state index contributed by atoms with van der Waals surface area (Å²) in [5, 5.41) is 21.8. The average Bonchev–Trinajstić information content (AvgIpc) is 2.72. The van der Waals surface area contributed by atoms with Gasteiger partial charge in [-0.1, -0.05) is 30.3 Å². The number of carboxylic acid groups (broad SMARTS) is 1. The van der Waals surface area contributed by atoms with Crippen LogP contribution < -0.4 is 0 Å². The third-order valence-corrected chi connectivity index (χ3v) is 2.56. The molecule has 1 aromatic heterocycles. The van der Waals surface area contributed by atoms with Gasteiger partial charge in [0.1, 0.15) is 6.07 Å². The van der Waals surface area contributed by atoms with Crippen LogP contribution in [0.25, 0.3) is 0 Å². The van der Waals surface area contributed by atoms with E-state index in [9.17, 15) is 4.79 Å². The van der Waals surface area contributed by atoms with Gasteiger partial charge in [0.05, 0.1) is 30.4 Å². The first kappa shape index (κ1) is 11.9. The van der Waals surface area contributed by atoms with Crippen LogP contribution in [0.1, 0.15) is 16.8 Å². The van der Waals surface area contributed by atoms with Gasteiger partial charge >= 0.3 is 5.97 Å². The third-order valence-electron chi connectivity index (χ3n) is 2.56. The van der Waals surface area contributed by atoms with Gasteiger partial charge in [-0.15, -0.1) is 0 Å². The Bertz CT molecular complexity index is 596. The smallest absolute Gasteiger partial charge is 0.309 e. The van der Waals surface area contributed by atoms with Crippen molar-refractivity contribution in [2.45, 2.75) is 13.0 Å². The first-order valence-corrected chi connectivity index (χ1v) is 5.41. The fourth-order valence-electron chi connectivity index (χ4n) is 1.73. The Hall–Kier alpha value is -2.61. The number of benzene rings is 1. The van der Waals surface area contributed by atoms with Crippen molar-refractivity contribution in [2.24, 2.45) is 0 Å². The van der Waals surface area contributed by atoms with Gasteiger partial charge in [-0.25, -0.2) is 0 Å². The number of nitriles is 1. The lowest BCUT2D eigenvalue weighted by Gasteiger charge is -2.06. The van der Waals surface area contributed by atoms with E-state index in [1.807, 2.05) is 36.4 Å². The highest BCUT2D eigenvalue weighted by Crippen LogP contribution is 2.11. The molecule has 0 amide bonds. The molecular formula is C13H11N3O2. The minimum absolute atomic E-state index is 0.199. The fourth-order valence-corrected chi connectivity index (χ4v) is 1.73. The molecule has 0 saturated carbocycles. The predicted octanol–water partition coefficient (Wildman–Crippen LogP) is 1.43. The van der Waals surface area contributed by atoms with E-state index in [4.69, 9.17) is 10.4 Å². The lowest BCUT2D eigenvalue weighted by atomic mass is 10.2. The number of carbonyl (C=O) groups is 1. The zero-order valence-corrected chi connectivity index (χ0v) is 9.58. The van der Waals surface area contributed by atoms with Crippen LogP contribution in [0.3, 0.4) is 0 Å². The van der Waals surface area contributed by atoms with E-state index in [1.54, 1.807) is 4.68 Å². The third kappa shape index (κ3) is 2.55. The van der Waals surface area contributed by atoms with E-state index in [-0.39, 0.29) is 6.42 Å². The highest BCUT2D eigenvalue weighted by Gasteiger charge is 2.14. The Kier molecular flexibility index (Phi) is 3.39. The lowest BCUT2D eigenvalue weighted by Crippen LogP contribution is -2.11. The molecule has 90 valence electrons. The summed E-state index contributed by atoms with van der Waals surface area (Å²) < 4.78 is 1.56. The molecule has 0 aliphatic heterocycles. The number of aromatic nitrogens is 2. The fraction of sp³-hybridized carbons (Fsp3) is 0.154. The number of aliphatic carboxylic acids is 1. The minimum Gasteiger partial charge on any atom is -0.481 e. The number of hydrogen-bond donors (Lipinski definition) is 1. The highest BCUT2D eigenvalue weighted by atomic mass is 16.4. The van der Waals surface area contributed by atoms with E-state index < -0.39 is 5.97 Å². The summed E-state index contributed by atoms with van der Waals surface area (Å²) in [5.74, 6) is -0.971. The van der Waals surface area contributed by atoms with Crippen molar-refractivity contribution < 1.29 is 9.90 Å². The SMILES string of the molecule is N#Cc1cnn(Cc2ccccc2)c1CC(=O)O. The first-order valence-electron chi connectivity index (χ1n) is 5.41. The summed E-state index contributed by atoms with van der Waals surface area (Å²) in [5.41, 5.74) is 1.76. The maximum absolute atomic E-state index is 10.8. The summed E-state index contributed by atoms with van der Waals surface area (Å²) in [6.45, 7) is 0.463. The van der Waals surface area contributed by atoms with E-state index in [1.165, 1.54) is 6.20 Å². The van der Waals surface area contributed by atoms with Crippen LogP contribution in [-0.2, 0) is 17.8 Å². The van der Waals surface area contributed by atoms with E-state index in [0.717, 1.165) is 5.56 Å². The molecule has 1 aromatic carbocycles. The zero-order valence-electron chi connectivity index (χ0n) is 9.58. The van der Waals surface area contributed by atoms with Gasteiger partial charge in [0, 0.05) is 0 Å². The Morgan fingerprint density at radius 1 is 1.39 bits per heavy atom. The maximum atomic E-state index is 10.8. The van der Waals surface area contributed by atoms with Gasteiger partial charge < -0.3 is 5.11 Å².